The van der Waals surface area contributed by atoms with E-state index in [1.54, 1.807) is 26.2 Å². The molecule has 1 aromatic carbocycles. The summed E-state index contributed by atoms with van der Waals surface area (Å²) in [4.78, 5) is 10.9. The van der Waals surface area contributed by atoms with Crippen LogP contribution in [-0.2, 0) is 14.8 Å². The highest BCUT2D eigenvalue weighted by Crippen LogP contribution is 2.29. The van der Waals surface area contributed by atoms with E-state index >= 15 is 0 Å². The van der Waals surface area contributed by atoms with Crippen molar-refractivity contribution >= 4 is 51.2 Å². The number of aliphatic hydroxyl groups is 1. The van der Waals surface area contributed by atoms with Crippen LogP contribution in [0.1, 0.15) is 5.56 Å². The summed E-state index contributed by atoms with van der Waals surface area (Å²) in [5.74, 6) is 0. The van der Waals surface area contributed by atoms with E-state index < -0.39 is 20.0 Å². The van der Waals surface area contributed by atoms with Crippen molar-refractivity contribution in [3.8, 4) is 0 Å². The van der Waals surface area contributed by atoms with Crippen molar-refractivity contribution in [2.45, 2.75) is 21.8 Å². The number of sulfonamides is 1. The van der Waals surface area contributed by atoms with Crippen LogP contribution in [0.25, 0.3) is 0 Å². The molecule has 126 valence electrons. The van der Waals surface area contributed by atoms with Crippen LogP contribution in [0.2, 0.25) is 0 Å². The molecule has 0 radical (unpaired) electrons. The summed E-state index contributed by atoms with van der Waals surface area (Å²) in [7, 11) is -0.538. The number of aryl methyl sites for hydroxylation is 1. The average Bonchev–Trinajstić information content (AvgIpc) is 2.38. The first-order chi connectivity index (χ1) is 9.90. The molecule has 0 bridgehead atoms. The van der Waals surface area contributed by atoms with Crippen LogP contribution in [0.5, 0.6) is 0 Å². The highest BCUT2D eigenvalue weighted by molar-refractivity contribution is 7.89. The number of carbonyl (C=O) groups excluding carboxylic acids is 1. The molecule has 10 heteroatoms. The number of amides is 1. The number of aliphatic hydroxyl groups excluding tert-OH is 1. The van der Waals surface area contributed by atoms with Crippen molar-refractivity contribution in [2.75, 3.05) is 14.1 Å². The van der Waals surface area contributed by atoms with Gasteiger partial charge in [-0.2, -0.15) is 4.72 Å². The van der Waals surface area contributed by atoms with E-state index in [0.717, 1.165) is 12.0 Å². The maximum Gasteiger partial charge on any atom is 0.242 e. The van der Waals surface area contributed by atoms with Crippen LogP contribution in [0.3, 0.4) is 0 Å². The Bertz CT molecular complexity index is 571. The molecule has 0 aromatic heterocycles. The first-order valence-corrected chi connectivity index (χ1v) is 8.47. The molecule has 0 aliphatic rings. The van der Waals surface area contributed by atoms with E-state index in [-0.39, 0.29) is 4.90 Å². The number of benzene rings is 1. The maximum absolute atomic E-state index is 11.8. The number of nitrogens with one attached hydrogen (secondary N) is 1. The molecule has 0 aliphatic carbocycles. The molecule has 1 atom stereocenters. The highest BCUT2D eigenvalue weighted by Gasteiger charge is 2.34. The quantitative estimate of drug-likeness (QED) is 0.464. The Hall–Kier alpha value is -0.570. The van der Waals surface area contributed by atoms with E-state index in [4.69, 9.17) is 34.8 Å². The van der Waals surface area contributed by atoms with Crippen molar-refractivity contribution in [1.82, 2.24) is 9.62 Å². The van der Waals surface area contributed by atoms with Gasteiger partial charge in [0.25, 0.3) is 0 Å². The summed E-state index contributed by atoms with van der Waals surface area (Å²) in [6.07, 6.45) is -1.07. The normalized spacial score (nSPS) is 12.9. The van der Waals surface area contributed by atoms with Gasteiger partial charge < -0.3 is 10.0 Å². The van der Waals surface area contributed by atoms with Crippen LogP contribution in [-0.4, -0.2) is 49.0 Å². The Kier molecular flexibility index (Phi) is 8.67. The number of halogens is 3. The SMILES string of the molecule is CN(C)C=O.Cc1ccc(S(=O)(=O)NC(O)C(Cl)(Cl)Cl)cc1. The van der Waals surface area contributed by atoms with Gasteiger partial charge in [0.2, 0.25) is 20.2 Å². The van der Waals surface area contributed by atoms with Gasteiger partial charge in [0.1, 0.15) is 0 Å². The summed E-state index contributed by atoms with van der Waals surface area (Å²) in [6.45, 7) is 1.82. The fourth-order valence-electron chi connectivity index (χ4n) is 0.999. The summed E-state index contributed by atoms with van der Waals surface area (Å²) in [6, 6.07) is 6.03. The molecular weight excluding hydrogens is 375 g/mol. The number of nitrogens with zero attached hydrogens (tertiary/aromatic N) is 1. The third-order valence-electron chi connectivity index (χ3n) is 2.12. The molecule has 0 heterocycles. The zero-order chi connectivity index (χ0) is 17.6. The number of rotatable bonds is 4. The molecule has 1 rings (SSSR count). The fraction of sp³-hybridized carbons (Fsp3) is 0.417. The second kappa shape index (κ2) is 8.90. The van der Waals surface area contributed by atoms with Crippen molar-refractivity contribution in [3.05, 3.63) is 29.8 Å². The lowest BCUT2D eigenvalue weighted by molar-refractivity contribution is -0.115. The largest absolute Gasteiger partial charge is 0.373 e. The lowest BCUT2D eigenvalue weighted by atomic mass is 10.2. The molecule has 22 heavy (non-hydrogen) atoms. The molecule has 0 saturated heterocycles. The Morgan fingerprint density at radius 1 is 1.23 bits per heavy atom. The summed E-state index contributed by atoms with van der Waals surface area (Å²) < 4.78 is 23.2. The molecule has 0 aliphatic heterocycles. The van der Waals surface area contributed by atoms with Gasteiger partial charge in [-0.05, 0) is 19.1 Å². The minimum atomic E-state index is -3.91. The van der Waals surface area contributed by atoms with Crippen molar-refractivity contribution in [3.63, 3.8) is 0 Å². The van der Waals surface area contributed by atoms with E-state index in [1.807, 2.05) is 11.6 Å². The maximum atomic E-state index is 11.8. The van der Waals surface area contributed by atoms with Crippen molar-refractivity contribution < 1.29 is 18.3 Å². The number of hydrogen-bond donors (Lipinski definition) is 2. The number of carbonyl (C=O) groups is 1. The topological polar surface area (TPSA) is 86.7 Å². The van der Waals surface area contributed by atoms with Gasteiger partial charge in [-0.25, -0.2) is 8.42 Å². The van der Waals surface area contributed by atoms with Crippen LogP contribution < -0.4 is 4.72 Å². The summed E-state index contributed by atoms with van der Waals surface area (Å²) in [5.41, 5.74) is 0.908. The van der Waals surface area contributed by atoms with Gasteiger partial charge in [-0.1, -0.05) is 52.5 Å². The molecule has 1 unspecified atom stereocenters. The van der Waals surface area contributed by atoms with Crippen LogP contribution in [0.4, 0.5) is 0 Å². The van der Waals surface area contributed by atoms with E-state index in [0.29, 0.717) is 0 Å². The van der Waals surface area contributed by atoms with Gasteiger partial charge in [0, 0.05) is 14.1 Å². The smallest absolute Gasteiger partial charge is 0.242 e. The minimum absolute atomic E-state index is 0.0172. The Balaban J connectivity index is 0.000000763. The molecule has 0 fully saturated rings. The molecular formula is C12H17Cl3N2O4S. The van der Waals surface area contributed by atoms with Crippen LogP contribution in [0.15, 0.2) is 29.2 Å². The van der Waals surface area contributed by atoms with E-state index in [2.05, 4.69) is 0 Å². The first kappa shape index (κ1) is 21.4. The molecule has 0 saturated carbocycles. The second-order valence-electron chi connectivity index (χ2n) is 4.45. The number of alkyl halides is 3. The van der Waals surface area contributed by atoms with E-state index in [9.17, 15) is 18.3 Å². The predicted molar refractivity (Wildman–Crippen MR) is 87.5 cm³/mol. The lowest BCUT2D eigenvalue weighted by Gasteiger charge is -2.19. The molecule has 2 N–H and O–H groups in total. The standard InChI is InChI=1S/C9H10Cl3NO3S.C3H7NO/c1-6-2-4-7(5-3-6)17(15,16)13-8(14)9(10,11)12;1-4(2)3-5/h2-5,8,13-14H,1H3;3H,1-2H3. The fourth-order valence-corrected chi connectivity index (χ4v) is 2.46. The van der Waals surface area contributed by atoms with Gasteiger partial charge in [-0.3, -0.25) is 4.79 Å². The van der Waals surface area contributed by atoms with Crippen molar-refractivity contribution in [2.24, 2.45) is 0 Å². The average molecular weight is 392 g/mol. The van der Waals surface area contributed by atoms with Crippen LogP contribution >= 0.6 is 34.8 Å². The molecule has 0 spiro atoms. The zero-order valence-electron chi connectivity index (χ0n) is 12.1. The molecule has 6 nitrogen and oxygen atoms in total. The molecule has 1 amide bonds. The van der Waals surface area contributed by atoms with Crippen molar-refractivity contribution in [1.29, 1.82) is 0 Å². The Morgan fingerprint density at radius 3 is 1.95 bits per heavy atom. The van der Waals surface area contributed by atoms with Gasteiger partial charge >= 0.3 is 0 Å². The molecule has 1 aromatic rings. The summed E-state index contributed by atoms with van der Waals surface area (Å²) >= 11 is 16.1. The number of hydrogen-bond acceptors (Lipinski definition) is 4. The van der Waals surface area contributed by atoms with Gasteiger partial charge in [-0.15, -0.1) is 0 Å². The second-order valence-corrected chi connectivity index (χ2v) is 8.53. The van der Waals surface area contributed by atoms with Crippen LogP contribution in [0, 0.1) is 6.92 Å². The third kappa shape index (κ3) is 8.17. The first-order valence-electron chi connectivity index (χ1n) is 5.85. The third-order valence-corrected chi connectivity index (χ3v) is 4.17. The van der Waals surface area contributed by atoms with E-state index in [1.165, 1.54) is 17.0 Å². The lowest BCUT2D eigenvalue weighted by Crippen LogP contribution is -2.43. The monoisotopic (exact) mass is 390 g/mol. The predicted octanol–water partition coefficient (Wildman–Crippen LogP) is 1.67. The minimum Gasteiger partial charge on any atom is -0.373 e. The zero-order valence-corrected chi connectivity index (χ0v) is 15.2. The summed E-state index contributed by atoms with van der Waals surface area (Å²) in [5, 5.41) is 9.35. The Labute approximate surface area is 145 Å². The van der Waals surface area contributed by atoms with Gasteiger partial charge in [0.15, 0.2) is 6.23 Å². The highest BCUT2D eigenvalue weighted by atomic mass is 35.6. The Morgan fingerprint density at radius 2 is 1.64 bits per heavy atom. The van der Waals surface area contributed by atoms with Gasteiger partial charge in [0.05, 0.1) is 4.90 Å².